The molecule has 6 nitrogen and oxygen atoms in total. The van der Waals surface area contributed by atoms with Crippen molar-refractivity contribution in [1.82, 2.24) is 10.2 Å². The van der Waals surface area contributed by atoms with Crippen LogP contribution in [-0.2, 0) is 11.2 Å². The Kier molecular flexibility index (Phi) is 5.31. The molecule has 1 amide bonds. The zero-order chi connectivity index (χ0) is 18.5. The first-order valence-corrected chi connectivity index (χ1v) is 8.48. The molecule has 0 aliphatic heterocycles. The smallest absolute Gasteiger partial charge is 0.247 e. The molecule has 0 spiro atoms. The van der Waals surface area contributed by atoms with Crippen molar-refractivity contribution in [3.8, 4) is 11.5 Å². The van der Waals surface area contributed by atoms with Crippen molar-refractivity contribution in [2.24, 2.45) is 0 Å². The number of hydrogen-bond acceptors (Lipinski definition) is 5. The number of carbonyl (C=O) groups excluding carboxylic acids is 1. The van der Waals surface area contributed by atoms with Crippen LogP contribution in [0.4, 0.5) is 11.4 Å². The Bertz CT molecular complexity index is 885. The summed E-state index contributed by atoms with van der Waals surface area (Å²) in [4.78, 5) is 14.1. The summed E-state index contributed by atoms with van der Waals surface area (Å²) in [5, 5.41) is 11.0. The van der Waals surface area contributed by atoms with E-state index in [9.17, 15) is 4.79 Å². The molecular weight excluding hydrogens is 328 g/mol. The number of nitrogens with one attached hydrogen (secondary N) is 1. The van der Waals surface area contributed by atoms with E-state index in [-0.39, 0.29) is 12.3 Å². The lowest BCUT2D eigenvalue weighted by molar-refractivity contribution is -0.116. The van der Waals surface area contributed by atoms with Crippen molar-refractivity contribution < 1.29 is 9.21 Å². The SMILES string of the molecule is Cc1ccccc1-c1nnc(CCC(=O)Nc2ccc(N(C)C)cc2)o1. The number of nitrogens with zero attached hydrogens (tertiary/aromatic N) is 3. The molecule has 2 aromatic carbocycles. The Labute approximate surface area is 152 Å². The molecular formula is C20H22N4O2. The van der Waals surface area contributed by atoms with Crippen molar-refractivity contribution in [2.75, 3.05) is 24.3 Å². The third kappa shape index (κ3) is 4.27. The van der Waals surface area contributed by atoms with Crippen molar-refractivity contribution in [3.63, 3.8) is 0 Å². The molecule has 0 radical (unpaired) electrons. The summed E-state index contributed by atoms with van der Waals surface area (Å²) < 4.78 is 5.69. The molecule has 0 aliphatic carbocycles. The lowest BCUT2D eigenvalue weighted by Crippen LogP contribution is -2.13. The van der Waals surface area contributed by atoms with E-state index in [1.807, 2.05) is 74.4 Å². The summed E-state index contributed by atoms with van der Waals surface area (Å²) in [7, 11) is 3.95. The van der Waals surface area contributed by atoms with Crippen LogP contribution in [0.1, 0.15) is 17.9 Å². The fourth-order valence-corrected chi connectivity index (χ4v) is 2.56. The normalized spacial score (nSPS) is 10.6. The lowest BCUT2D eigenvalue weighted by Gasteiger charge is -2.12. The first-order valence-electron chi connectivity index (χ1n) is 8.48. The van der Waals surface area contributed by atoms with E-state index in [4.69, 9.17) is 4.42 Å². The minimum atomic E-state index is -0.0850. The molecule has 0 fully saturated rings. The highest BCUT2D eigenvalue weighted by atomic mass is 16.4. The fraction of sp³-hybridized carbons (Fsp3) is 0.250. The van der Waals surface area contributed by atoms with Crippen LogP contribution >= 0.6 is 0 Å². The third-order valence-electron chi connectivity index (χ3n) is 4.08. The molecule has 134 valence electrons. The van der Waals surface area contributed by atoms with Gasteiger partial charge < -0.3 is 14.6 Å². The number of aromatic nitrogens is 2. The molecule has 0 unspecified atom stereocenters. The zero-order valence-electron chi connectivity index (χ0n) is 15.2. The van der Waals surface area contributed by atoms with Crippen LogP contribution < -0.4 is 10.2 Å². The molecule has 3 rings (SSSR count). The molecule has 0 saturated carbocycles. The molecule has 3 aromatic rings. The summed E-state index contributed by atoms with van der Waals surface area (Å²) in [6.07, 6.45) is 0.686. The van der Waals surface area contributed by atoms with Gasteiger partial charge in [-0.2, -0.15) is 0 Å². The van der Waals surface area contributed by atoms with Gasteiger partial charge in [-0.05, 0) is 42.8 Å². The maximum atomic E-state index is 12.1. The summed E-state index contributed by atoms with van der Waals surface area (Å²) >= 11 is 0. The monoisotopic (exact) mass is 350 g/mol. The highest BCUT2D eigenvalue weighted by Crippen LogP contribution is 2.22. The number of amides is 1. The Morgan fingerprint density at radius 1 is 1.08 bits per heavy atom. The summed E-state index contributed by atoms with van der Waals surface area (Å²) in [5.74, 6) is 0.859. The largest absolute Gasteiger partial charge is 0.421 e. The van der Waals surface area contributed by atoms with Gasteiger partial charge in [0.05, 0.1) is 0 Å². The summed E-state index contributed by atoms with van der Waals surface area (Å²) in [6, 6.07) is 15.5. The van der Waals surface area contributed by atoms with Gasteiger partial charge in [0.2, 0.25) is 17.7 Å². The number of hydrogen-bond donors (Lipinski definition) is 1. The zero-order valence-corrected chi connectivity index (χ0v) is 15.2. The predicted octanol–water partition coefficient (Wildman–Crippen LogP) is 3.68. The molecule has 1 N–H and O–H groups in total. The van der Waals surface area contributed by atoms with Gasteiger partial charge >= 0.3 is 0 Å². The highest BCUT2D eigenvalue weighted by Gasteiger charge is 2.12. The van der Waals surface area contributed by atoms with Crippen molar-refractivity contribution in [1.29, 1.82) is 0 Å². The molecule has 0 atom stereocenters. The summed E-state index contributed by atoms with van der Waals surface area (Å²) in [5.41, 5.74) is 3.84. The maximum Gasteiger partial charge on any atom is 0.247 e. The minimum absolute atomic E-state index is 0.0850. The van der Waals surface area contributed by atoms with E-state index in [1.165, 1.54) is 0 Å². The van der Waals surface area contributed by atoms with Crippen LogP contribution in [0, 0.1) is 6.92 Å². The second-order valence-electron chi connectivity index (χ2n) is 6.31. The van der Waals surface area contributed by atoms with Gasteiger partial charge in [0.15, 0.2) is 0 Å². The number of rotatable bonds is 6. The Balaban J connectivity index is 1.56. The van der Waals surface area contributed by atoms with E-state index in [0.717, 1.165) is 22.5 Å². The standard InChI is InChI=1S/C20H22N4O2/c1-14-6-4-5-7-17(14)20-23-22-19(26-20)13-12-18(25)21-15-8-10-16(11-9-15)24(2)3/h4-11H,12-13H2,1-3H3,(H,21,25). The van der Waals surface area contributed by atoms with E-state index in [0.29, 0.717) is 18.2 Å². The van der Waals surface area contributed by atoms with Gasteiger partial charge in [0.1, 0.15) is 0 Å². The molecule has 26 heavy (non-hydrogen) atoms. The first-order chi connectivity index (χ1) is 12.5. The van der Waals surface area contributed by atoms with E-state index in [2.05, 4.69) is 15.5 Å². The van der Waals surface area contributed by atoms with Crippen LogP contribution in [0.5, 0.6) is 0 Å². The van der Waals surface area contributed by atoms with Crippen molar-refractivity contribution in [3.05, 3.63) is 60.0 Å². The van der Waals surface area contributed by atoms with Crippen LogP contribution in [0.25, 0.3) is 11.5 Å². The Morgan fingerprint density at radius 3 is 2.50 bits per heavy atom. The molecule has 0 aliphatic rings. The molecule has 0 saturated heterocycles. The second kappa shape index (κ2) is 7.82. The van der Waals surface area contributed by atoms with E-state index >= 15 is 0 Å². The fourth-order valence-electron chi connectivity index (χ4n) is 2.56. The number of carbonyl (C=O) groups is 1. The molecule has 1 heterocycles. The predicted molar refractivity (Wildman–Crippen MR) is 102 cm³/mol. The van der Waals surface area contributed by atoms with Crippen LogP contribution in [0.3, 0.4) is 0 Å². The maximum absolute atomic E-state index is 12.1. The van der Waals surface area contributed by atoms with Crippen LogP contribution in [0.2, 0.25) is 0 Å². The number of aryl methyl sites for hydroxylation is 2. The molecule has 0 bridgehead atoms. The molecule has 1 aromatic heterocycles. The molecule has 6 heteroatoms. The van der Waals surface area contributed by atoms with Crippen LogP contribution in [-0.4, -0.2) is 30.2 Å². The van der Waals surface area contributed by atoms with Gasteiger partial charge in [0.25, 0.3) is 0 Å². The highest BCUT2D eigenvalue weighted by molar-refractivity contribution is 5.90. The van der Waals surface area contributed by atoms with Gasteiger partial charge in [0, 0.05) is 43.9 Å². The number of benzene rings is 2. The lowest BCUT2D eigenvalue weighted by atomic mass is 10.1. The minimum Gasteiger partial charge on any atom is -0.421 e. The average Bonchev–Trinajstić information content (AvgIpc) is 3.09. The third-order valence-corrected chi connectivity index (χ3v) is 4.08. The first kappa shape index (κ1) is 17.7. The van der Waals surface area contributed by atoms with Crippen LogP contribution in [0.15, 0.2) is 52.9 Å². The van der Waals surface area contributed by atoms with Gasteiger partial charge in [-0.3, -0.25) is 4.79 Å². The van der Waals surface area contributed by atoms with Gasteiger partial charge in [-0.15, -0.1) is 10.2 Å². The van der Waals surface area contributed by atoms with E-state index in [1.54, 1.807) is 0 Å². The second-order valence-corrected chi connectivity index (χ2v) is 6.31. The number of anilines is 2. The van der Waals surface area contributed by atoms with Crippen molar-refractivity contribution in [2.45, 2.75) is 19.8 Å². The van der Waals surface area contributed by atoms with E-state index < -0.39 is 0 Å². The van der Waals surface area contributed by atoms with Crippen molar-refractivity contribution >= 4 is 17.3 Å². The Morgan fingerprint density at radius 2 is 1.81 bits per heavy atom. The topological polar surface area (TPSA) is 71.3 Å². The quantitative estimate of drug-likeness (QED) is 0.734. The van der Waals surface area contributed by atoms with Gasteiger partial charge in [-0.1, -0.05) is 18.2 Å². The Hall–Kier alpha value is -3.15. The summed E-state index contributed by atoms with van der Waals surface area (Å²) in [6.45, 7) is 1.99. The average molecular weight is 350 g/mol. The van der Waals surface area contributed by atoms with Gasteiger partial charge in [-0.25, -0.2) is 0 Å².